The molecule has 0 bridgehead atoms. The Labute approximate surface area is 96.2 Å². The molecule has 0 saturated carbocycles. The van der Waals surface area contributed by atoms with E-state index < -0.39 is 0 Å². The van der Waals surface area contributed by atoms with Gasteiger partial charge in [-0.3, -0.25) is 0 Å². The van der Waals surface area contributed by atoms with Crippen LogP contribution in [-0.2, 0) is 20.1 Å². The molecule has 0 saturated heterocycles. The van der Waals surface area contributed by atoms with Crippen molar-refractivity contribution in [3.63, 3.8) is 0 Å². The van der Waals surface area contributed by atoms with Crippen molar-refractivity contribution < 1.29 is 0 Å². The van der Waals surface area contributed by atoms with Crippen LogP contribution in [0.4, 0.5) is 0 Å². The number of nitrogens with one attached hydrogen (secondary N) is 1. The lowest BCUT2D eigenvalue weighted by Gasteiger charge is -2.04. The molecule has 0 amide bonds. The largest absolute Gasteiger partial charge is 0.346 e. The number of benzene rings is 1. The second-order valence-corrected chi connectivity index (χ2v) is 4.07. The van der Waals surface area contributed by atoms with Crippen LogP contribution in [0.1, 0.15) is 18.2 Å². The maximum Gasteiger partial charge on any atom is 0.0480 e. The SMILES string of the molecule is CCNCc1cc2cc(CN)ccc2n1C. The van der Waals surface area contributed by atoms with Gasteiger partial charge in [-0.15, -0.1) is 0 Å². The Bertz CT molecular complexity index is 485. The Kier molecular flexibility index (Phi) is 3.27. The van der Waals surface area contributed by atoms with E-state index in [0.717, 1.165) is 13.1 Å². The van der Waals surface area contributed by atoms with Crippen LogP contribution in [0.25, 0.3) is 10.9 Å². The third-order valence-corrected chi connectivity index (χ3v) is 3.00. The topological polar surface area (TPSA) is 43.0 Å². The van der Waals surface area contributed by atoms with Gasteiger partial charge in [0.05, 0.1) is 0 Å². The van der Waals surface area contributed by atoms with Gasteiger partial charge in [0.25, 0.3) is 0 Å². The first kappa shape index (κ1) is 11.2. The fourth-order valence-electron chi connectivity index (χ4n) is 2.01. The molecule has 2 aromatic rings. The maximum atomic E-state index is 5.65. The number of nitrogens with zero attached hydrogens (tertiary/aromatic N) is 1. The van der Waals surface area contributed by atoms with Crippen LogP contribution in [0.3, 0.4) is 0 Å². The first-order valence-corrected chi connectivity index (χ1v) is 5.74. The lowest BCUT2D eigenvalue weighted by molar-refractivity contribution is 0.686. The highest BCUT2D eigenvalue weighted by atomic mass is 15.0. The summed E-state index contributed by atoms with van der Waals surface area (Å²) in [6, 6.07) is 8.65. The Balaban J connectivity index is 2.41. The molecule has 1 aromatic heterocycles. The zero-order valence-electron chi connectivity index (χ0n) is 9.96. The van der Waals surface area contributed by atoms with Crippen molar-refractivity contribution in [2.24, 2.45) is 12.8 Å². The maximum absolute atomic E-state index is 5.65. The smallest absolute Gasteiger partial charge is 0.0480 e. The predicted octanol–water partition coefficient (Wildman–Crippen LogP) is 1.75. The van der Waals surface area contributed by atoms with Gasteiger partial charge < -0.3 is 15.6 Å². The van der Waals surface area contributed by atoms with E-state index >= 15 is 0 Å². The van der Waals surface area contributed by atoms with Gasteiger partial charge >= 0.3 is 0 Å². The summed E-state index contributed by atoms with van der Waals surface area (Å²) in [5, 5.41) is 4.63. The van der Waals surface area contributed by atoms with E-state index in [1.807, 2.05) is 0 Å². The monoisotopic (exact) mass is 217 g/mol. The molecule has 0 aliphatic heterocycles. The van der Waals surface area contributed by atoms with E-state index in [0.29, 0.717) is 6.54 Å². The Morgan fingerprint density at radius 2 is 2.12 bits per heavy atom. The normalized spacial score (nSPS) is 11.2. The van der Waals surface area contributed by atoms with Crippen molar-refractivity contribution >= 4 is 10.9 Å². The van der Waals surface area contributed by atoms with Crippen molar-refractivity contribution in [1.29, 1.82) is 0 Å². The van der Waals surface area contributed by atoms with Gasteiger partial charge in [0.1, 0.15) is 0 Å². The molecule has 0 unspecified atom stereocenters. The van der Waals surface area contributed by atoms with Gasteiger partial charge in [0.2, 0.25) is 0 Å². The number of nitrogens with two attached hydrogens (primary N) is 1. The van der Waals surface area contributed by atoms with Gasteiger partial charge in [0, 0.05) is 36.7 Å². The van der Waals surface area contributed by atoms with Gasteiger partial charge in [0.15, 0.2) is 0 Å². The van der Waals surface area contributed by atoms with Crippen LogP contribution in [0.15, 0.2) is 24.3 Å². The summed E-state index contributed by atoms with van der Waals surface area (Å²) in [6.45, 7) is 4.64. The van der Waals surface area contributed by atoms with Crippen molar-refractivity contribution in [2.75, 3.05) is 6.54 Å². The number of rotatable bonds is 4. The summed E-state index contributed by atoms with van der Waals surface area (Å²) in [7, 11) is 2.11. The molecule has 3 nitrogen and oxygen atoms in total. The van der Waals surface area contributed by atoms with E-state index in [2.05, 4.69) is 48.1 Å². The van der Waals surface area contributed by atoms with Crippen LogP contribution in [0.2, 0.25) is 0 Å². The number of aryl methyl sites for hydroxylation is 1. The Morgan fingerprint density at radius 3 is 2.81 bits per heavy atom. The van der Waals surface area contributed by atoms with Crippen LogP contribution in [-0.4, -0.2) is 11.1 Å². The van der Waals surface area contributed by atoms with Crippen LogP contribution in [0, 0.1) is 0 Å². The second-order valence-electron chi connectivity index (χ2n) is 4.07. The predicted molar refractivity (Wildman–Crippen MR) is 68.2 cm³/mol. The molecule has 3 N–H and O–H groups in total. The Morgan fingerprint density at radius 1 is 1.31 bits per heavy atom. The van der Waals surface area contributed by atoms with E-state index in [1.54, 1.807) is 0 Å². The standard InChI is InChI=1S/C13H19N3/c1-3-15-9-12-7-11-6-10(8-14)4-5-13(11)16(12)2/h4-7,15H,3,8-9,14H2,1-2H3. The average molecular weight is 217 g/mol. The highest BCUT2D eigenvalue weighted by Gasteiger charge is 2.05. The third-order valence-electron chi connectivity index (χ3n) is 3.00. The molecule has 0 atom stereocenters. The minimum Gasteiger partial charge on any atom is -0.346 e. The Hall–Kier alpha value is -1.32. The fourth-order valence-corrected chi connectivity index (χ4v) is 2.01. The molecule has 0 spiro atoms. The minimum absolute atomic E-state index is 0.605. The molecule has 3 heteroatoms. The third kappa shape index (κ3) is 1.96. The number of hydrogen-bond acceptors (Lipinski definition) is 2. The van der Waals surface area contributed by atoms with Gasteiger partial charge in [-0.05, 0) is 30.3 Å². The quantitative estimate of drug-likeness (QED) is 0.819. The first-order chi connectivity index (χ1) is 7.76. The molecular formula is C13H19N3. The molecule has 2 rings (SSSR count). The summed E-state index contributed by atoms with van der Waals surface area (Å²) in [5.74, 6) is 0. The van der Waals surface area contributed by atoms with Gasteiger partial charge in [-0.2, -0.15) is 0 Å². The fraction of sp³-hybridized carbons (Fsp3) is 0.385. The van der Waals surface area contributed by atoms with Crippen LogP contribution >= 0.6 is 0 Å². The molecular weight excluding hydrogens is 198 g/mol. The van der Waals surface area contributed by atoms with Crippen molar-refractivity contribution in [1.82, 2.24) is 9.88 Å². The van der Waals surface area contributed by atoms with E-state index in [4.69, 9.17) is 5.73 Å². The highest BCUT2D eigenvalue weighted by Crippen LogP contribution is 2.20. The highest BCUT2D eigenvalue weighted by molar-refractivity contribution is 5.82. The van der Waals surface area contributed by atoms with E-state index in [1.165, 1.54) is 22.2 Å². The molecule has 0 fully saturated rings. The molecule has 0 radical (unpaired) electrons. The second kappa shape index (κ2) is 4.68. The molecule has 1 aromatic carbocycles. The lowest BCUT2D eigenvalue weighted by Crippen LogP contribution is -2.14. The first-order valence-electron chi connectivity index (χ1n) is 5.74. The number of fused-ring (bicyclic) bond motifs is 1. The molecule has 16 heavy (non-hydrogen) atoms. The van der Waals surface area contributed by atoms with E-state index in [9.17, 15) is 0 Å². The summed E-state index contributed by atoms with van der Waals surface area (Å²) in [6.07, 6.45) is 0. The zero-order valence-corrected chi connectivity index (χ0v) is 9.96. The van der Waals surface area contributed by atoms with Gasteiger partial charge in [-0.1, -0.05) is 13.0 Å². The molecule has 0 aliphatic carbocycles. The number of hydrogen-bond donors (Lipinski definition) is 2. The number of aromatic nitrogens is 1. The summed E-state index contributed by atoms with van der Waals surface area (Å²) in [5.41, 5.74) is 9.41. The van der Waals surface area contributed by atoms with Crippen molar-refractivity contribution in [3.8, 4) is 0 Å². The van der Waals surface area contributed by atoms with Crippen LogP contribution in [0.5, 0.6) is 0 Å². The summed E-state index contributed by atoms with van der Waals surface area (Å²) in [4.78, 5) is 0. The lowest BCUT2D eigenvalue weighted by atomic mass is 10.1. The molecule has 1 heterocycles. The van der Waals surface area contributed by atoms with E-state index in [-0.39, 0.29) is 0 Å². The molecule has 86 valence electrons. The average Bonchev–Trinajstić information content (AvgIpc) is 2.63. The summed E-state index contributed by atoms with van der Waals surface area (Å²) >= 11 is 0. The molecule has 0 aliphatic rings. The zero-order chi connectivity index (χ0) is 11.5. The van der Waals surface area contributed by atoms with Gasteiger partial charge in [-0.25, -0.2) is 0 Å². The van der Waals surface area contributed by atoms with Crippen molar-refractivity contribution in [3.05, 3.63) is 35.5 Å². The van der Waals surface area contributed by atoms with Crippen LogP contribution < -0.4 is 11.1 Å². The summed E-state index contributed by atoms with van der Waals surface area (Å²) < 4.78 is 2.23. The minimum atomic E-state index is 0.605. The van der Waals surface area contributed by atoms with Crippen molar-refractivity contribution in [2.45, 2.75) is 20.0 Å².